The van der Waals surface area contributed by atoms with Crippen LogP contribution in [-0.2, 0) is 17.1 Å². The zero-order valence-corrected chi connectivity index (χ0v) is 17.1. The predicted octanol–water partition coefficient (Wildman–Crippen LogP) is 1.93. The number of oxazole rings is 1. The predicted molar refractivity (Wildman–Crippen MR) is 108 cm³/mol. The minimum absolute atomic E-state index is 0.0465. The first kappa shape index (κ1) is 19.7. The van der Waals surface area contributed by atoms with Crippen LogP contribution < -0.4 is 5.76 Å². The average molecular weight is 436 g/mol. The van der Waals surface area contributed by atoms with Gasteiger partial charge in [0, 0.05) is 39.3 Å². The third-order valence-electron chi connectivity index (χ3n) is 5.03. The first-order valence-corrected chi connectivity index (χ1v) is 10.7. The molecule has 4 rings (SSSR count). The Bertz CT molecular complexity index is 1260. The highest BCUT2D eigenvalue weighted by Crippen LogP contribution is 2.23. The van der Waals surface area contributed by atoms with Crippen LogP contribution >= 0.6 is 11.6 Å². The minimum atomic E-state index is -3.78. The van der Waals surface area contributed by atoms with Crippen LogP contribution in [0.5, 0.6) is 0 Å². The lowest BCUT2D eigenvalue weighted by Crippen LogP contribution is -2.50. The zero-order chi connectivity index (χ0) is 20.8. The molecule has 1 aliphatic heterocycles. The first-order chi connectivity index (χ1) is 13.8. The molecule has 29 heavy (non-hydrogen) atoms. The van der Waals surface area contributed by atoms with Gasteiger partial charge in [-0.3, -0.25) is 9.36 Å². The summed E-state index contributed by atoms with van der Waals surface area (Å²) in [5.41, 5.74) is 1.13. The van der Waals surface area contributed by atoms with Crippen molar-refractivity contribution in [3.8, 4) is 0 Å². The van der Waals surface area contributed by atoms with Crippen molar-refractivity contribution in [1.82, 2.24) is 13.8 Å². The van der Waals surface area contributed by atoms with Crippen molar-refractivity contribution in [2.45, 2.75) is 4.90 Å². The van der Waals surface area contributed by atoms with Crippen molar-refractivity contribution in [2.24, 2.45) is 7.05 Å². The van der Waals surface area contributed by atoms with E-state index in [1.807, 2.05) is 0 Å². The number of hydrogen-bond acceptors (Lipinski definition) is 5. The van der Waals surface area contributed by atoms with Gasteiger partial charge in [0.05, 0.1) is 21.0 Å². The van der Waals surface area contributed by atoms with E-state index in [1.165, 1.54) is 21.0 Å². The van der Waals surface area contributed by atoms with Crippen LogP contribution in [0.15, 0.2) is 56.6 Å². The van der Waals surface area contributed by atoms with E-state index in [1.54, 1.807) is 42.3 Å². The molecule has 1 aromatic heterocycles. The largest absolute Gasteiger partial charge is 0.419 e. The molecule has 152 valence electrons. The summed E-state index contributed by atoms with van der Waals surface area (Å²) in [4.78, 5) is 25.9. The van der Waals surface area contributed by atoms with Gasteiger partial charge in [0.1, 0.15) is 0 Å². The number of aromatic nitrogens is 1. The van der Waals surface area contributed by atoms with E-state index in [4.69, 9.17) is 16.0 Å². The Morgan fingerprint density at radius 3 is 2.45 bits per heavy atom. The maximum absolute atomic E-state index is 13.0. The minimum Gasteiger partial charge on any atom is -0.408 e. The van der Waals surface area contributed by atoms with Gasteiger partial charge in [0.25, 0.3) is 5.91 Å². The van der Waals surface area contributed by atoms with Crippen LogP contribution in [0.4, 0.5) is 0 Å². The Kier molecular flexibility index (Phi) is 4.97. The monoisotopic (exact) mass is 435 g/mol. The van der Waals surface area contributed by atoms with Crippen molar-refractivity contribution in [2.75, 3.05) is 26.2 Å². The van der Waals surface area contributed by atoms with Crippen LogP contribution in [-0.4, -0.2) is 54.3 Å². The lowest BCUT2D eigenvalue weighted by atomic mass is 10.2. The summed E-state index contributed by atoms with van der Waals surface area (Å²) in [5.74, 6) is -0.777. The van der Waals surface area contributed by atoms with E-state index >= 15 is 0 Å². The Morgan fingerprint density at radius 1 is 1.07 bits per heavy atom. The maximum Gasteiger partial charge on any atom is 0.419 e. The molecule has 0 bridgehead atoms. The molecule has 1 amide bonds. The highest BCUT2D eigenvalue weighted by Gasteiger charge is 2.31. The summed E-state index contributed by atoms with van der Waals surface area (Å²) >= 11 is 6.09. The van der Waals surface area contributed by atoms with Crippen LogP contribution in [0, 0.1) is 0 Å². The summed E-state index contributed by atoms with van der Waals surface area (Å²) in [6, 6.07) is 11.1. The number of carbonyl (C=O) groups excluding carboxylic acids is 1. The van der Waals surface area contributed by atoms with E-state index in [9.17, 15) is 18.0 Å². The van der Waals surface area contributed by atoms with Crippen LogP contribution in [0.2, 0.25) is 5.02 Å². The number of amides is 1. The Labute approximate surface area is 171 Å². The molecule has 3 aromatic rings. The summed E-state index contributed by atoms with van der Waals surface area (Å²) in [6.07, 6.45) is 0. The summed E-state index contributed by atoms with van der Waals surface area (Å²) in [6.45, 7) is 0.836. The van der Waals surface area contributed by atoms with E-state index in [-0.39, 0.29) is 42.6 Å². The molecular weight excluding hydrogens is 418 g/mol. The van der Waals surface area contributed by atoms with Gasteiger partial charge in [-0.25, -0.2) is 13.2 Å². The Balaban J connectivity index is 1.52. The number of nitrogens with zero attached hydrogens (tertiary/aromatic N) is 3. The molecule has 8 nitrogen and oxygen atoms in total. The molecule has 0 N–H and O–H groups in total. The van der Waals surface area contributed by atoms with Gasteiger partial charge in [0.2, 0.25) is 10.0 Å². The number of sulfonamides is 1. The van der Waals surface area contributed by atoms with Crippen molar-refractivity contribution in [1.29, 1.82) is 0 Å². The quantitative estimate of drug-likeness (QED) is 0.626. The molecule has 2 aromatic carbocycles. The SMILES string of the molecule is Cn1c(=O)oc2cc(S(=O)(=O)N3CCN(C(=O)c4ccccc4Cl)CC3)ccc21. The number of carbonyl (C=O) groups is 1. The number of halogens is 1. The third-order valence-corrected chi connectivity index (χ3v) is 7.26. The fourth-order valence-electron chi connectivity index (χ4n) is 3.36. The van der Waals surface area contributed by atoms with Crippen LogP contribution in [0.1, 0.15) is 10.4 Å². The van der Waals surface area contributed by atoms with Crippen molar-refractivity contribution >= 4 is 38.6 Å². The van der Waals surface area contributed by atoms with E-state index in [0.29, 0.717) is 16.1 Å². The number of benzene rings is 2. The summed E-state index contributed by atoms with van der Waals surface area (Å²) in [5, 5.41) is 0.366. The lowest BCUT2D eigenvalue weighted by molar-refractivity contribution is 0.0698. The standard InChI is InChI=1S/C19H18ClN3O5S/c1-21-16-7-6-13(12-17(16)28-19(21)25)29(26,27)23-10-8-22(9-11-23)18(24)14-4-2-3-5-15(14)20/h2-7,12H,8-11H2,1H3. The molecule has 0 unspecified atom stereocenters. The molecule has 0 saturated carbocycles. The molecule has 0 atom stereocenters. The van der Waals surface area contributed by atoms with Gasteiger partial charge >= 0.3 is 5.76 Å². The third kappa shape index (κ3) is 3.45. The number of rotatable bonds is 3. The highest BCUT2D eigenvalue weighted by atomic mass is 35.5. The van der Waals surface area contributed by atoms with E-state index < -0.39 is 15.8 Å². The molecular formula is C19H18ClN3O5S. The lowest BCUT2D eigenvalue weighted by Gasteiger charge is -2.34. The van der Waals surface area contributed by atoms with Crippen LogP contribution in [0.3, 0.4) is 0 Å². The molecule has 10 heteroatoms. The van der Waals surface area contributed by atoms with Gasteiger partial charge in [-0.15, -0.1) is 0 Å². The Morgan fingerprint density at radius 2 is 1.76 bits per heavy atom. The van der Waals surface area contributed by atoms with E-state index in [0.717, 1.165) is 0 Å². The number of piperazine rings is 1. The number of aryl methyl sites for hydroxylation is 1. The van der Waals surface area contributed by atoms with Crippen molar-refractivity contribution in [3.63, 3.8) is 0 Å². The molecule has 0 radical (unpaired) electrons. The van der Waals surface area contributed by atoms with Crippen LogP contribution in [0.25, 0.3) is 11.1 Å². The van der Waals surface area contributed by atoms with Gasteiger partial charge in [0.15, 0.2) is 5.58 Å². The second-order valence-electron chi connectivity index (χ2n) is 6.73. The fourth-order valence-corrected chi connectivity index (χ4v) is 5.01. The smallest absolute Gasteiger partial charge is 0.408 e. The molecule has 1 fully saturated rings. The van der Waals surface area contributed by atoms with Gasteiger partial charge in [-0.2, -0.15) is 4.31 Å². The zero-order valence-electron chi connectivity index (χ0n) is 15.5. The summed E-state index contributed by atoms with van der Waals surface area (Å²) < 4.78 is 33.7. The first-order valence-electron chi connectivity index (χ1n) is 8.92. The van der Waals surface area contributed by atoms with Crippen molar-refractivity contribution in [3.05, 3.63) is 63.6 Å². The normalized spacial score (nSPS) is 15.7. The highest BCUT2D eigenvalue weighted by molar-refractivity contribution is 7.89. The van der Waals surface area contributed by atoms with E-state index in [2.05, 4.69) is 0 Å². The molecule has 1 aliphatic rings. The Hall–Kier alpha value is -2.62. The topological polar surface area (TPSA) is 92.8 Å². The van der Waals surface area contributed by atoms with Gasteiger partial charge in [-0.05, 0) is 24.3 Å². The second-order valence-corrected chi connectivity index (χ2v) is 9.08. The average Bonchev–Trinajstić information content (AvgIpc) is 3.01. The molecule has 0 aliphatic carbocycles. The molecule has 1 saturated heterocycles. The van der Waals surface area contributed by atoms with Gasteiger partial charge < -0.3 is 9.32 Å². The maximum atomic E-state index is 13.0. The molecule has 2 heterocycles. The number of hydrogen-bond donors (Lipinski definition) is 0. The second kappa shape index (κ2) is 7.33. The fraction of sp³-hybridized carbons (Fsp3) is 0.263. The van der Waals surface area contributed by atoms with Gasteiger partial charge in [-0.1, -0.05) is 23.7 Å². The molecule has 0 spiro atoms. The summed E-state index contributed by atoms with van der Waals surface area (Å²) in [7, 11) is -2.23. The van der Waals surface area contributed by atoms with Crippen molar-refractivity contribution < 1.29 is 17.6 Å². The number of fused-ring (bicyclic) bond motifs is 1.